The molecule has 0 amide bonds. The van der Waals surface area contributed by atoms with Crippen LogP contribution >= 0.6 is 0 Å². The molecule has 0 bridgehead atoms. The van der Waals surface area contributed by atoms with Crippen LogP contribution in [0.3, 0.4) is 0 Å². The molecule has 0 aromatic heterocycles. The molecule has 2 rings (SSSR count). The van der Waals surface area contributed by atoms with Crippen molar-refractivity contribution in [2.24, 2.45) is 5.84 Å². The Morgan fingerprint density at radius 3 is 2.29 bits per heavy atom. The summed E-state index contributed by atoms with van der Waals surface area (Å²) in [7, 11) is 0. The summed E-state index contributed by atoms with van der Waals surface area (Å²) in [6, 6.07) is 16.5. The van der Waals surface area contributed by atoms with E-state index < -0.39 is 0 Å². The Labute approximate surface area is 100 Å². The van der Waals surface area contributed by atoms with Gasteiger partial charge < -0.3 is 0 Å². The minimum absolute atomic E-state index is 0.0758. The molecule has 1 atom stereocenters. The summed E-state index contributed by atoms with van der Waals surface area (Å²) in [5.74, 6) is 5.34. The molecule has 0 radical (unpaired) electrons. The van der Waals surface area contributed by atoms with E-state index in [9.17, 15) is 4.39 Å². The molecule has 3 heteroatoms. The van der Waals surface area contributed by atoms with Crippen molar-refractivity contribution in [1.82, 2.24) is 5.43 Å². The van der Waals surface area contributed by atoms with Gasteiger partial charge in [-0.1, -0.05) is 48.5 Å². The molecule has 0 heterocycles. The molecule has 0 aliphatic heterocycles. The quantitative estimate of drug-likeness (QED) is 0.626. The van der Waals surface area contributed by atoms with Crippen LogP contribution in [-0.4, -0.2) is 0 Å². The molecule has 0 aliphatic rings. The lowest BCUT2D eigenvalue weighted by Crippen LogP contribution is -2.29. The molecule has 0 spiro atoms. The van der Waals surface area contributed by atoms with E-state index in [-0.39, 0.29) is 11.9 Å². The van der Waals surface area contributed by atoms with E-state index in [1.54, 1.807) is 12.1 Å². The predicted octanol–water partition coefficient (Wildman–Crippen LogP) is 2.57. The first-order chi connectivity index (χ1) is 8.31. The van der Waals surface area contributed by atoms with Gasteiger partial charge in [-0.3, -0.25) is 11.3 Å². The molecule has 0 fully saturated rings. The van der Waals surface area contributed by atoms with Crippen molar-refractivity contribution in [3.63, 3.8) is 0 Å². The van der Waals surface area contributed by atoms with Gasteiger partial charge in [0.25, 0.3) is 0 Å². The molecule has 2 aromatic carbocycles. The number of hydrogen-bond donors (Lipinski definition) is 2. The molecule has 0 saturated carbocycles. The minimum atomic E-state index is -0.191. The highest BCUT2D eigenvalue weighted by Crippen LogP contribution is 2.19. The summed E-state index contributed by atoms with van der Waals surface area (Å²) < 4.78 is 13.5. The second-order valence-electron chi connectivity index (χ2n) is 3.93. The molecule has 2 aromatic rings. The molecule has 0 aliphatic carbocycles. The number of benzene rings is 2. The van der Waals surface area contributed by atoms with Crippen molar-refractivity contribution >= 4 is 0 Å². The van der Waals surface area contributed by atoms with Crippen LogP contribution in [0.15, 0.2) is 54.6 Å². The second-order valence-corrected chi connectivity index (χ2v) is 3.93. The SMILES string of the molecule is NNC(Cc1ccccc1F)c1ccccc1. The summed E-state index contributed by atoms with van der Waals surface area (Å²) in [5, 5.41) is 0. The largest absolute Gasteiger partial charge is 0.271 e. The summed E-state index contributed by atoms with van der Waals surface area (Å²) in [6.07, 6.45) is 0.535. The molecular formula is C14H15FN2. The van der Waals surface area contributed by atoms with Crippen LogP contribution in [0.1, 0.15) is 17.2 Å². The average Bonchev–Trinajstić information content (AvgIpc) is 2.39. The third-order valence-electron chi connectivity index (χ3n) is 2.79. The summed E-state index contributed by atoms with van der Waals surface area (Å²) >= 11 is 0. The van der Waals surface area contributed by atoms with Gasteiger partial charge in [0.05, 0.1) is 6.04 Å². The Hall–Kier alpha value is -1.71. The number of hydrogen-bond acceptors (Lipinski definition) is 2. The lowest BCUT2D eigenvalue weighted by atomic mass is 9.99. The fourth-order valence-electron chi connectivity index (χ4n) is 1.84. The standard InChI is InChI=1S/C14H15FN2/c15-13-9-5-4-8-12(13)10-14(17-16)11-6-2-1-3-7-11/h1-9,14,17H,10,16H2. The maximum atomic E-state index is 13.5. The molecule has 3 N–H and O–H groups in total. The Bertz CT molecular complexity index is 471. The van der Waals surface area contributed by atoms with Crippen molar-refractivity contribution < 1.29 is 4.39 Å². The summed E-state index contributed by atoms with van der Waals surface area (Å²) in [4.78, 5) is 0. The number of nitrogens with one attached hydrogen (secondary N) is 1. The van der Waals surface area contributed by atoms with Crippen LogP contribution in [0.2, 0.25) is 0 Å². The number of nitrogens with two attached hydrogens (primary N) is 1. The Balaban J connectivity index is 2.19. The van der Waals surface area contributed by atoms with Gasteiger partial charge in [-0.25, -0.2) is 4.39 Å². The van der Waals surface area contributed by atoms with Crippen LogP contribution in [0.25, 0.3) is 0 Å². The number of halogens is 1. The van der Waals surface area contributed by atoms with Crippen molar-refractivity contribution in [1.29, 1.82) is 0 Å². The van der Waals surface area contributed by atoms with Crippen molar-refractivity contribution in [2.75, 3.05) is 0 Å². The Morgan fingerprint density at radius 2 is 1.65 bits per heavy atom. The Morgan fingerprint density at radius 1 is 1.00 bits per heavy atom. The van der Waals surface area contributed by atoms with Crippen molar-refractivity contribution in [2.45, 2.75) is 12.5 Å². The number of hydrazine groups is 1. The van der Waals surface area contributed by atoms with Gasteiger partial charge in [-0.05, 0) is 23.6 Å². The van der Waals surface area contributed by atoms with E-state index in [1.165, 1.54) is 6.07 Å². The highest BCUT2D eigenvalue weighted by atomic mass is 19.1. The topological polar surface area (TPSA) is 38.0 Å². The second kappa shape index (κ2) is 5.57. The lowest BCUT2D eigenvalue weighted by Gasteiger charge is -2.16. The van der Waals surface area contributed by atoms with Crippen molar-refractivity contribution in [3.05, 3.63) is 71.5 Å². The smallest absolute Gasteiger partial charge is 0.126 e. The van der Waals surface area contributed by atoms with Gasteiger partial charge in [0, 0.05) is 0 Å². The van der Waals surface area contributed by atoms with Crippen LogP contribution in [-0.2, 0) is 6.42 Å². The fourth-order valence-corrected chi connectivity index (χ4v) is 1.84. The molecular weight excluding hydrogens is 215 g/mol. The molecule has 2 nitrogen and oxygen atoms in total. The maximum Gasteiger partial charge on any atom is 0.126 e. The first-order valence-corrected chi connectivity index (χ1v) is 5.55. The van der Waals surface area contributed by atoms with Gasteiger partial charge in [0.15, 0.2) is 0 Å². The van der Waals surface area contributed by atoms with Crippen LogP contribution in [0.4, 0.5) is 4.39 Å². The van der Waals surface area contributed by atoms with E-state index in [1.807, 2.05) is 36.4 Å². The first kappa shape index (κ1) is 11.8. The molecule has 88 valence electrons. The van der Waals surface area contributed by atoms with Crippen molar-refractivity contribution in [3.8, 4) is 0 Å². The maximum absolute atomic E-state index is 13.5. The van der Waals surface area contributed by atoms with E-state index in [0.29, 0.717) is 12.0 Å². The van der Waals surface area contributed by atoms with Crippen LogP contribution < -0.4 is 11.3 Å². The van der Waals surface area contributed by atoms with E-state index >= 15 is 0 Å². The zero-order valence-electron chi connectivity index (χ0n) is 9.44. The number of rotatable bonds is 4. The molecule has 17 heavy (non-hydrogen) atoms. The Kier molecular flexibility index (Phi) is 3.85. The average molecular weight is 230 g/mol. The van der Waals surface area contributed by atoms with Gasteiger partial charge >= 0.3 is 0 Å². The normalized spacial score (nSPS) is 12.4. The zero-order valence-corrected chi connectivity index (χ0v) is 9.44. The monoisotopic (exact) mass is 230 g/mol. The minimum Gasteiger partial charge on any atom is -0.271 e. The highest BCUT2D eigenvalue weighted by Gasteiger charge is 2.12. The molecule has 1 unspecified atom stereocenters. The van der Waals surface area contributed by atoms with E-state index in [4.69, 9.17) is 5.84 Å². The van der Waals surface area contributed by atoms with E-state index in [2.05, 4.69) is 5.43 Å². The zero-order chi connectivity index (χ0) is 12.1. The third-order valence-corrected chi connectivity index (χ3v) is 2.79. The third kappa shape index (κ3) is 2.90. The van der Waals surface area contributed by atoms with Crippen LogP contribution in [0.5, 0.6) is 0 Å². The predicted molar refractivity (Wildman–Crippen MR) is 66.6 cm³/mol. The highest BCUT2D eigenvalue weighted by molar-refractivity contribution is 5.24. The van der Waals surface area contributed by atoms with Gasteiger partial charge in [-0.15, -0.1) is 0 Å². The van der Waals surface area contributed by atoms with Gasteiger partial charge in [-0.2, -0.15) is 0 Å². The summed E-state index contributed by atoms with van der Waals surface area (Å²) in [6.45, 7) is 0. The van der Waals surface area contributed by atoms with E-state index in [0.717, 1.165) is 5.56 Å². The van der Waals surface area contributed by atoms with Gasteiger partial charge in [0.2, 0.25) is 0 Å². The fraction of sp³-hybridized carbons (Fsp3) is 0.143. The summed E-state index contributed by atoms with van der Waals surface area (Å²) in [5.41, 5.74) is 4.45. The molecule has 0 saturated heterocycles. The van der Waals surface area contributed by atoms with Crippen LogP contribution in [0, 0.1) is 5.82 Å². The van der Waals surface area contributed by atoms with Gasteiger partial charge in [0.1, 0.15) is 5.82 Å². The first-order valence-electron chi connectivity index (χ1n) is 5.55. The lowest BCUT2D eigenvalue weighted by molar-refractivity contribution is 0.529.